The molecule has 0 spiro atoms. The zero-order valence-electron chi connectivity index (χ0n) is 13.4. The van der Waals surface area contributed by atoms with Crippen LogP contribution in [-0.2, 0) is 11.2 Å². The molecule has 1 N–H and O–H groups in total. The number of nitrogens with one attached hydrogen (secondary N) is 1. The van der Waals surface area contributed by atoms with E-state index in [9.17, 15) is 9.59 Å². The number of carbonyl (C=O) groups excluding carboxylic acids is 2. The Morgan fingerprint density at radius 2 is 1.78 bits per heavy atom. The molecule has 1 aliphatic heterocycles. The zero-order valence-corrected chi connectivity index (χ0v) is 13.4. The smallest absolute Gasteiger partial charge is 0.246 e. The van der Waals surface area contributed by atoms with E-state index in [4.69, 9.17) is 0 Å². The molecule has 23 heavy (non-hydrogen) atoms. The molecule has 0 unspecified atom stereocenters. The number of rotatable bonds is 4. The molecule has 1 aliphatic rings. The van der Waals surface area contributed by atoms with E-state index in [1.807, 2.05) is 25.1 Å². The average molecular weight is 308 g/mol. The van der Waals surface area contributed by atoms with Gasteiger partial charge in [0.05, 0.1) is 5.69 Å². The van der Waals surface area contributed by atoms with Gasteiger partial charge < -0.3 is 10.2 Å². The Balaban J connectivity index is 1.78. The summed E-state index contributed by atoms with van der Waals surface area (Å²) in [6.45, 7) is 4.24. The van der Waals surface area contributed by atoms with Gasteiger partial charge in [0.25, 0.3) is 0 Å². The van der Waals surface area contributed by atoms with E-state index in [-0.39, 0.29) is 17.7 Å². The van der Waals surface area contributed by atoms with Crippen LogP contribution in [0.25, 0.3) is 0 Å². The third-order valence-corrected chi connectivity index (χ3v) is 4.33. The molecule has 4 heteroatoms. The summed E-state index contributed by atoms with van der Waals surface area (Å²) in [6, 6.07) is 15.0. The van der Waals surface area contributed by atoms with Crippen molar-refractivity contribution in [2.24, 2.45) is 0 Å². The van der Waals surface area contributed by atoms with Gasteiger partial charge in [0.2, 0.25) is 5.91 Å². The van der Waals surface area contributed by atoms with Gasteiger partial charge in [-0.1, -0.05) is 30.3 Å². The van der Waals surface area contributed by atoms with Gasteiger partial charge in [-0.05, 0) is 44.0 Å². The van der Waals surface area contributed by atoms with Crippen LogP contribution in [0.15, 0.2) is 48.5 Å². The van der Waals surface area contributed by atoms with Gasteiger partial charge in [0.1, 0.15) is 6.04 Å². The summed E-state index contributed by atoms with van der Waals surface area (Å²) < 4.78 is 0. The number of ketones is 1. The van der Waals surface area contributed by atoms with Gasteiger partial charge in [-0.3, -0.25) is 9.59 Å². The van der Waals surface area contributed by atoms with Gasteiger partial charge in [0, 0.05) is 17.8 Å². The minimum Gasteiger partial charge on any atom is -0.359 e. The van der Waals surface area contributed by atoms with Crippen LogP contribution in [0.1, 0.15) is 29.8 Å². The maximum Gasteiger partial charge on any atom is 0.246 e. The molecule has 0 aromatic heterocycles. The zero-order chi connectivity index (χ0) is 16.4. The number of Topliss-reactive ketones (excluding diaryl/α,β-unsaturated/α-hetero) is 1. The van der Waals surface area contributed by atoms with Crippen molar-refractivity contribution in [1.29, 1.82) is 0 Å². The lowest BCUT2D eigenvalue weighted by atomic mass is 10.1. The first kappa shape index (κ1) is 15.3. The molecule has 1 atom stereocenters. The third-order valence-electron chi connectivity index (χ3n) is 4.33. The van der Waals surface area contributed by atoms with Crippen LogP contribution in [0.4, 0.5) is 11.4 Å². The first-order valence-electron chi connectivity index (χ1n) is 7.83. The van der Waals surface area contributed by atoms with Crippen molar-refractivity contribution in [2.45, 2.75) is 26.3 Å². The monoisotopic (exact) mass is 308 g/mol. The van der Waals surface area contributed by atoms with Crippen LogP contribution >= 0.6 is 0 Å². The molecule has 0 aliphatic carbocycles. The topological polar surface area (TPSA) is 49.4 Å². The fraction of sp³-hybridized carbons (Fsp3) is 0.263. The van der Waals surface area contributed by atoms with E-state index < -0.39 is 0 Å². The van der Waals surface area contributed by atoms with Gasteiger partial charge >= 0.3 is 0 Å². The Kier molecular flexibility index (Phi) is 4.15. The number of fused-ring (bicyclic) bond motifs is 1. The first-order valence-corrected chi connectivity index (χ1v) is 7.83. The highest BCUT2D eigenvalue weighted by Gasteiger charge is 2.27. The molecule has 2 aromatic carbocycles. The summed E-state index contributed by atoms with van der Waals surface area (Å²) >= 11 is 0. The summed E-state index contributed by atoms with van der Waals surface area (Å²) in [5.74, 6) is -0.157. The standard InChI is InChI=1S/C19H20N2O2/c1-13(21-12-11-15-7-3-6-10-18(15)21)19(23)20-17-9-5-4-8-16(17)14(2)22/h3-10,13H,11-12H2,1-2H3,(H,20,23)/t13-/m1/s1. The molecule has 0 fully saturated rings. The number of carbonyl (C=O) groups is 2. The van der Waals surface area contributed by atoms with Crippen molar-refractivity contribution < 1.29 is 9.59 Å². The normalized spacial score (nSPS) is 14.3. The van der Waals surface area contributed by atoms with Crippen LogP contribution in [0, 0.1) is 0 Å². The van der Waals surface area contributed by atoms with Crippen LogP contribution in [0.3, 0.4) is 0 Å². The van der Waals surface area contributed by atoms with Crippen molar-refractivity contribution in [3.05, 3.63) is 59.7 Å². The van der Waals surface area contributed by atoms with Crippen molar-refractivity contribution in [3.63, 3.8) is 0 Å². The predicted molar refractivity (Wildman–Crippen MR) is 92.0 cm³/mol. The van der Waals surface area contributed by atoms with Gasteiger partial charge in [-0.25, -0.2) is 0 Å². The highest BCUT2D eigenvalue weighted by molar-refractivity contribution is 6.05. The Morgan fingerprint density at radius 1 is 1.09 bits per heavy atom. The van der Waals surface area contributed by atoms with E-state index in [2.05, 4.69) is 22.3 Å². The Hall–Kier alpha value is -2.62. The summed E-state index contributed by atoms with van der Waals surface area (Å²) in [6.07, 6.45) is 0.956. The molecule has 0 radical (unpaired) electrons. The number of benzene rings is 2. The van der Waals surface area contributed by atoms with E-state index in [0.29, 0.717) is 11.3 Å². The second kappa shape index (κ2) is 6.24. The van der Waals surface area contributed by atoms with Crippen molar-refractivity contribution in [3.8, 4) is 0 Å². The van der Waals surface area contributed by atoms with Gasteiger partial charge in [0.15, 0.2) is 5.78 Å². The molecular weight excluding hydrogens is 288 g/mol. The minimum absolute atomic E-state index is 0.0555. The summed E-state index contributed by atoms with van der Waals surface area (Å²) in [5, 5.41) is 2.90. The number of amides is 1. The Bertz CT molecular complexity index is 755. The quantitative estimate of drug-likeness (QED) is 0.882. The lowest BCUT2D eigenvalue weighted by Crippen LogP contribution is -2.41. The van der Waals surface area contributed by atoms with Gasteiger partial charge in [-0.15, -0.1) is 0 Å². The lowest BCUT2D eigenvalue weighted by molar-refractivity contribution is -0.117. The number of anilines is 2. The van der Waals surface area contributed by atoms with Crippen LogP contribution in [-0.4, -0.2) is 24.3 Å². The largest absolute Gasteiger partial charge is 0.359 e. The maximum atomic E-state index is 12.6. The van der Waals surface area contributed by atoms with Crippen LogP contribution in [0.5, 0.6) is 0 Å². The molecule has 2 aromatic rings. The molecule has 3 rings (SSSR count). The molecule has 0 bridgehead atoms. The molecular formula is C19H20N2O2. The molecule has 4 nitrogen and oxygen atoms in total. The maximum absolute atomic E-state index is 12.6. The van der Waals surface area contributed by atoms with E-state index in [0.717, 1.165) is 18.7 Å². The summed E-state index contributed by atoms with van der Waals surface area (Å²) in [4.78, 5) is 26.4. The second-order valence-electron chi connectivity index (χ2n) is 5.84. The summed E-state index contributed by atoms with van der Waals surface area (Å²) in [7, 11) is 0. The Morgan fingerprint density at radius 3 is 2.57 bits per heavy atom. The number of nitrogens with zero attached hydrogens (tertiary/aromatic N) is 1. The van der Waals surface area contributed by atoms with Gasteiger partial charge in [-0.2, -0.15) is 0 Å². The number of hydrogen-bond acceptors (Lipinski definition) is 3. The van der Waals surface area contributed by atoms with Crippen LogP contribution in [0.2, 0.25) is 0 Å². The average Bonchev–Trinajstić information content (AvgIpc) is 2.98. The molecule has 118 valence electrons. The van der Waals surface area contributed by atoms with Crippen molar-refractivity contribution >= 4 is 23.1 Å². The highest BCUT2D eigenvalue weighted by Crippen LogP contribution is 2.29. The van der Waals surface area contributed by atoms with E-state index in [1.165, 1.54) is 12.5 Å². The lowest BCUT2D eigenvalue weighted by Gasteiger charge is -2.26. The number of para-hydroxylation sites is 2. The second-order valence-corrected chi connectivity index (χ2v) is 5.84. The highest BCUT2D eigenvalue weighted by atomic mass is 16.2. The minimum atomic E-state index is -0.293. The molecule has 1 amide bonds. The van der Waals surface area contributed by atoms with Crippen molar-refractivity contribution in [1.82, 2.24) is 0 Å². The van der Waals surface area contributed by atoms with Crippen LogP contribution < -0.4 is 10.2 Å². The first-order chi connectivity index (χ1) is 11.1. The Labute approximate surface area is 136 Å². The SMILES string of the molecule is CC(=O)c1ccccc1NC(=O)[C@@H](C)N1CCc2ccccc21. The fourth-order valence-electron chi connectivity index (χ4n) is 3.04. The van der Waals surface area contributed by atoms with E-state index >= 15 is 0 Å². The third kappa shape index (κ3) is 2.97. The molecule has 0 saturated heterocycles. The fourth-order valence-corrected chi connectivity index (χ4v) is 3.04. The summed E-state index contributed by atoms with van der Waals surface area (Å²) in [5.41, 5.74) is 3.51. The van der Waals surface area contributed by atoms with Crippen molar-refractivity contribution in [2.75, 3.05) is 16.8 Å². The predicted octanol–water partition coefficient (Wildman–Crippen LogP) is 3.28. The molecule has 1 heterocycles. The molecule has 0 saturated carbocycles. The number of hydrogen-bond donors (Lipinski definition) is 1. The van der Waals surface area contributed by atoms with E-state index in [1.54, 1.807) is 18.2 Å².